The van der Waals surface area contributed by atoms with E-state index in [2.05, 4.69) is 20.6 Å². The van der Waals surface area contributed by atoms with Gasteiger partial charge in [0.25, 0.3) is 11.8 Å². The van der Waals surface area contributed by atoms with Gasteiger partial charge in [0.05, 0.1) is 17.4 Å². The zero-order valence-electron chi connectivity index (χ0n) is 17.7. The van der Waals surface area contributed by atoms with Gasteiger partial charge in [0.2, 0.25) is 0 Å². The zero-order chi connectivity index (χ0) is 24.7. The first-order valence-corrected chi connectivity index (χ1v) is 11.0. The molecular weight excluding hydrogens is 497 g/mol. The van der Waals surface area contributed by atoms with Gasteiger partial charge < -0.3 is 10.6 Å². The highest BCUT2D eigenvalue weighted by molar-refractivity contribution is 6.31. The maximum absolute atomic E-state index is 14.1. The molecule has 0 saturated heterocycles. The Kier molecular flexibility index (Phi) is 5.92. The molecule has 0 bridgehead atoms. The molecule has 3 heterocycles. The number of amides is 2. The fourth-order valence-electron chi connectivity index (χ4n) is 3.91. The molecule has 2 N–H and O–H groups in total. The number of fused-ring (bicyclic) bond motifs is 1. The monoisotopic (exact) mass is 510 g/mol. The third-order valence-electron chi connectivity index (χ3n) is 5.44. The van der Waals surface area contributed by atoms with E-state index in [4.69, 9.17) is 23.2 Å². The first kappa shape index (κ1) is 22.9. The second-order valence-electron chi connectivity index (χ2n) is 7.74. The van der Waals surface area contributed by atoms with Gasteiger partial charge in [-0.05, 0) is 54.6 Å². The number of aromatic nitrogens is 2. The van der Waals surface area contributed by atoms with E-state index in [1.165, 1.54) is 24.3 Å². The molecule has 174 valence electrons. The molecule has 2 amide bonds. The highest BCUT2D eigenvalue weighted by Crippen LogP contribution is 2.40. The summed E-state index contributed by atoms with van der Waals surface area (Å²) in [4.78, 5) is 34.5. The van der Waals surface area contributed by atoms with Crippen LogP contribution in [0.1, 0.15) is 38.0 Å². The molecule has 1 atom stereocenters. The number of nitrogens with one attached hydrogen (secondary N) is 2. The van der Waals surface area contributed by atoms with Crippen LogP contribution in [0.25, 0.3) is 11.3 Å². The van der Waals surface area contributed by atoms with Crippen LogP contribution in [0, 0.1) is 11.6 Å². The largest absolute Gasteiger partial charge is 0.340 e. The van der Waals surface area contributed by atoms with Gasteiger partial charge in [-0.2, -0.15) is 0 Å². The maximum atomic E-state index is 14.1. The molecule has 10 heteroatoms. The number of hydrogen-bond donors (Lipinski definition) is 2. The molecule has 35 heavy (non-hydrogen) atoms. The minimum Gasteiger partial charge on any atom is -0.340 e. The molecule has 0 spiro atoms. The van der Waals surface area contributed by atoms with Crippen LogP contribution in [0.4, 0.5) is 14.5 Å². The number of halogens is 4. The Labute approximate surface area is 207 Å². The fraction of sp³-hybridized carbons (Fsp3) is 0.0400. The Hall–Kier alpha value is -3.88. The lowest BCUT2D eigenvalue weighted by molar-refractivity contribution is 0.0955. The summed E-state index contributed by atoms with van der Waals surface area (Å²) >= 11 is 12.2. The van der Waals surface area contributed by atoms with E-state index in [0.29, 0.717) is 22.4 Å². The Morgan fingerprint density at radius 1 is 1.03 bits per heavy atom. The summed E-state index contributed by atoms with van der Waals surface area (Å²) in [6.45, 7) is 0. The zero-order valence-corrected chi connectivity index (χ0v) is 19.2. The van der Waals surface area contributed by atoms with Crippen molar-refractivity contribution in [2.24, 2.45) is 0 Å². The second kappa shape index (κ2) is 9.05. The van der Waals surface area contributed by atoms with Crippen molar-refractivity contribution in [3.05, 3.63) is 111 Å². The van der Waals surface area contributed by atoms with E-state index < -0.39 is 29.5 Å². The molecule has 2 aromatic carbocycles. The van der Waals surface area contributed by atoms with Gasteiger partial charge in [-0.15, -0.1) is 0 Å². The number of anilines is 1. The first-order valence-electron chi connectivity index (χ1n) is 10.3. The van der Waals surface area contributed by atoms with Crippen molar-refractivity contribution in [2.45, 2.75) is 6.04 Å². The average molecular weight is 511 g/mol. The molecule has 0 radical (unpaired) electrons. The van der Waals surface area contributed by atoms with Gasteiger partial charge >= 0.3 is 0 Å². The van der Waals surface area contributed by atoms with E-state index in [9.17, 15) is 18.4 Å². The van der Waals surface area contributed by atoms with Gasteiger partial charge in [0, 0.05) is 44.7 Å². The van der Waals surface area contributed by atoms with Crippen molar-refractivity contribution in [1.82, 2.24) is 15.3 Å². The number of nitrogens with zero attached hydrogens (tertiary/aromatic N) is 2. The molecule has 0 saturated carbocycles. The summed E-state index contributed by atoms with van der Waals surface area (Å²) < 4.78 is 27.9. The summed E-state index contributed by atoms with van der Waals surface area (Å²) in [6.07, 6.45) is 3.14. The minimum atomic E-state index is -0.887. The van der Waals surface area contributed by atoms with Crippen molar-refractivity contribution in [2.75, 3.05) is 5.32 Å². The van der Waals surface area contributed by atoms with E-state index >= 15 is 0 Å². The molecule has 1 aliphatic rings. The van der Waals surface area contributed by atoms with Crippen LogP contribution in [0.2, 0.25) is 10.0 Å². The van der Waals surface area contributed by atoms with Gasteiger partial charge in [-0.3, -0.25) is 14.6 Å². The van der Waals surface area contributed by atoms with Gasteiger partial charge in [0.15, 0.2) is 0 Å². The molecule has 0 fully saturated rings. The third kappa shape index (κ3) is 4.45. The van der Waals surface area contributed by atoms with E-state index in [-0.39, 0.29) is 27.0 Å². The summed E-state index contributed by atoms with van der Waals surface area (Å²) in [6, 6.07) is 11.3. The Balaban J connectivity index is 1.67. The van der Waals surface area contributed by atoms with E-state index in [1.807, 2.05) is 0 Å². The van der Waals surface area contributed by atoms with Crippen molar-refractivity contribution in [1.29, 1.82) is 0 Å². The smallest absolute Gasteiger partial charge is 0.271 e. The maximum Gasteiger partial charge on any atom is 0.271 e. The predicted octanol–water partition coefficient (Wildman–Crippen LogP) is 5.81. The molecule has 1 aliphatic heterocycles. The highest BCUT2D eigenvalue weighted by Gasteiger charge is 2.36. The number of pyridine rings is 2. The molecule has 0 aliphatic carbocycles. The number of rotatable bonds is 4. The second-order valence-corrected chi connectivity index (χ2v) is 8.59. The van der Waals surface area contributed by atoms with Crippen molar-refractivity contribution >= 4 is 40.7 Å². The molecule has 1 unspecified atom stereocenters. The molecule has 4 aromatic rings. The lowest BCUT2D eigenvalue weighted by atomic mass is 9.97. The number of carbonyl (C=O) groups excluding carboxylic acids is 2. The molecular formula is C25H14Cl2F2N4O2. The summed E-state index contributed by atoms with van der Waals surface area (Å²) in [7, 11) is 0. The van der Waals surface area contributed by atoms with Crippen LogP contribution in [0.3, 0.4) is 0 Å². The predicted molar refractivity (Wildman–Crippen MR) is 128 cm³/mol. The number of carbonyl (C=O) groups is 2. The van der Waals surface area contributed by atoms with Crippen molar-refractivity contribution in [3.8, 4) is 11.3 Å². The highest BCUT2D eigenvalue weighted by atomic mass is 35.5. The summed E-state index contributed by atoms with van der Waals surface area (Å²) in [5.41, 5.74) is 1.77. The van der Waals surface area contributed by atoms with Gasteiger partial charge in [0.1, 0.15) is 17.3 Å². The van der Waals surface area contributed by atoms with Crippen molar-refractivity contribution < 1.29 is 18.4 Å². The van der Waals surface area contributed by atoms with E-state index in [0.717, 1.165) is 12.1 Å². The third-order valence-corrected chi connectivity index (χ3v) is 6.00. The normalized spacial score (nSPS) is 14.4. The standard InChI is InChI=1S/C25H14Cl2F2N4O2/c26-14-6-13(7-16(29)8-14)24(34)32-20-10-19(12-2-1-5-30-11-12)31-23-21(20)22(33-25(23)35)17-9-15(28)3-4-18(17)27/h1-11,22H,(H,33,35)(H,31,32,34). The Morgan fingerprint density at radius 2 is 1.86 bits per heavy atom. The lowest BCUT2D eigenvalue weighted by Gasteiger charge is -2.18. The van der Waals surface area contributed by atoms with E-state index in [1.54, 1.807) is 30.6 Å². The number of benzene rings is 2. The quantitative estimate of drug-likeness (QED) is 0.362. The van der Waals surface area contributed by atoms with Gasteiger partial charge in [-0.1, -0.05) is 23.2 Å². The average Bonchev–Trinajstić information content (AvgIpc) is 3.17. The van der Waals surface area contributed by atoms with Gasteiger partial charge in [-0.25, -0.2) is 13.8 Å². The minimum absolute atomic E-state index is 0.0267. The van der Waals surface area contributed by atoms with Crippen LogP contribution in [0.15, 0.2) is 67.0 Å². The summed E-state index contributed by atoms with van der Waals surface area (Å²) in [5.74, 6) is -2.42. The van der Waals surface area contributed by atoms with Crippen LogP contribution >= 0.6 is 23.2 Å². The summed E-state index contributed by atoms with van der Waals surface area (Å²) in [5, 5.41) is 5.74. The van der Waals surface area contributed by atoms with Crippen LogP contribution < -0.4 is 10.6 Å². The molecule has 2 aromatic heterocycles. The lowest BCUT2D eigenvalue weighted by Crippen LogP contribution is -2.21. The number of hydrogen-bond acceptors (Lipinski definition) is 4. The Bertz CT molecular complexity index is 1480. The van der Waals surface area contributed by atoms with Crippen LogP contribution in [-0.2, 0) is 0 Å². The Morgan fingerprint density at radius 3 is 2.60 bits per heavy atom. The topological polar surface area (TPSA) is 84.0 Å². The molecule has 5 rings (SSSR count). The van der Waals surface area contributed by atoms with Crippen LogP contribution in [0.5, 0.6) is 0 Å². The first-order chi connectivity index (χ1) is 16.8. The van der Waals surface area contributed by atoms with Crippen molar-refractivity contribution in [3.63, 3.8) is 0 Å². The van der Waals surface area contributed by atoms with Crippen LogP contribution in [-0.4, -0.2) is 21.8 Å². The fourth-order valence-corrected chi connectivity index (χ4v) is 4.35. The molecule has 6 nitrogen and oxygen atoms in total. The SMILES string of the molecule is O=C(Nc1cc(-c2cccnc2)nc2c1C(c1cc(F)ccc1Cl)NC2=O)c1cc(F)cc(Cl)c1.